The fraction of sp³-hybridized carbons (Fsp3) is 0.286. The lowest BCUT2D eigenvalue weighted by Crippen LogP contribution is -2.34. The third kappa shape index (κ3) is 7.11. The molecule has 44 heavy (non-hydrogen) atoms. The maximum atomic E-state index is 14.2. The molecule has 0 amide bonds. The van der Waals surface area contributed by atoms with Crippen LogP contribution in [0.2, 0.25) is 0 Å². The van der Waals surface area contributed by atoms with E-state index in [0.29, 0.717) is 58.7 Å². The highest BCUT2D eigenvalue weighted by molar-refractivity contribution is 6.01. The number of allylic oxidation sites excluding steroid dienone is 1. The molecular weight excluding hydrogens is 562 g/mol. The van der Waals surface area contributed by atoms with E-state index in [9.17, 15) is 9.59 Å². The van der Waals surface area contributed by atoms with Crippen molar-refractivity contribution >= 4 is 17.3 Å². The molecule has 0 saturated heterocycles. The fourth-order valence-electron chi connectivity index (χ4n) is 5.22. The summed E-state index contributed by atoms with van der Waals surface area (Å²) in [5.41, 5.74) is 1.52. The standard InChI is InChI=1S/C35H37NO8/c1-6-42-32-19-24(10-12-30(32)39-3)28(29-9-8-18-44-29)21-27(37)22-35(23-34(38)41-5,25-14-16-36-17-15-25)26-11-13-31(40-4)33(20-26)43-7-2/h8-21H,6-7,22-23H2,1-5H3. The Balaban J connectivity index is 1.89. The van der Waals surface area contributed by atoms with Crippen molar-refractivity contribution in [3.63, 3.8) is 0 Å². The van der Waals surface area contributed by atoms with Gasteiger partial charge in [0.15, 0.2) is 28.8 Å². The molecule has 0 aliphatic carbocycles. The molecule has 0 aliphatic rings. The molecule has 0 fully saturated rings. The number of methoxy groups -OCH3 is 3. The lowest BCUT2D eigenvalue weighted by molar-refractivity contribution is -0.141. The van der Waals surface area contributed by atoms with Crippen LogP contribution < -0.4 is 18.9 Å². The number of ether oxygens (including phenoxy) is 5. The van der Waals surface area contributed by atoms with E-state index in [-0.39, 0.29) is 18.6 Å². The molecule has 0 N–H and O–H groups in total. The van der Waals surface area contributed by atoms with Gasteiger partial charge in [0.05, 0.1) is 47.2 Å². The molecule has 9 heteroatoms. The van der Waals surface area contributed by atoms with Crippen LogP contribution in [-0.4, -0.2) is 51.3 Å². The fourth-order valence-corrected chi connectivity index (χ4v) is 5.22. The van der Waals surface area contributed by atoms with Gasteiger partial charge in [-0.1, -0.05) is 12.1 Å². The molecule has 2 heterocycles. The quantitative estimate of drug-likeness (QED) is 0.113. The maximum absolute atomic E-state index is 14.2. The number of esters is 1. The molecule has 0 saturated carbocycles. The van der Waals surface area contributed by atoms with E-state index in [1.54, 1.807) is 69.3 Å². The first kappa shape index (κ1) is 31.9. The molecular formula is C35H37NO8. The molecule has 9 nitrogen and oxygen atoms in total. The number of hydrogen-bond donors (Lipinski definition) is 0. The Labute approximate surface area is 257 Å². The van der Waals surface area contributed by atoms with Gasteiger partial charge in [-0.05, 0) is 85.1 Å². The molecule has 2 aromatic heterocycles. The van der Waals surface area contributed by atoms with Crippen LogP contribution in [-0.2, 0) is 19.7 Å². The molecule has 2 aromatic carbocycles. The molecule has 1 unspecified atom stereocenters. The molecule has 0 spiro atoms. The van der Waals surface area contributed by atoms with Crippen LogP contribution in [0.3, 0.4) is 0 Å². The van der Waals surface area contributed by atoms with Crippen molar-refractivity contribution in [1.82, 2.24) is 4.98 Å². The number of carbonyl (C=O) groups is 2. The lowest BCUT2D eigenvalue weighted by Gasteiger charge is -2.34. The Hall–Kier alpha value is -5.05. The number of nitrogens with zero attached hydrogens (tertiary/aromatic N) is 1. The number of aromatic nitrogens is 1. The van der Waals surface area contributed by atoms with Crippen LogP contribution in [0, 0.1) is 0 Å². The summed E-state index contributed by atoms with van der Waals surface area (Å²) in [5.74, 6) is 1.91. The Kier molecular flexibility index (Phi) is 10.8. The Bertz CT molecular complexity index is 1580. The highest BCUT2D eigenvalue weighted by Gasteiger charge is 2.40. The summed E-state index contributed by atoms with van der Waals surface area (Å²) in [6.07, 6.45) is 6.16. The molecule has 0 aliphatic heterocycles. The monoisotopic (exact) mass is 599 g/mol. The number of pyridine rings is 1. The van der Waals surface area contributed by atoms with Crippen LogP contribution in [0.15, 0.2) is 89.8 Å². The number of rotatable bonds is 15. The second kappa shape index (κ2) is 14.9. The second-order valence-corrected chi connectivity index (χ2v) is 9.85. The van der Waals surface area contributed by atoms with Gasteiger partial charge in [0.2, 0.25) is 0 Å². The van der Waals surface area contributed by atoms with Gasteiger partial charge < -0.3 is 28.1 Å². The molecule has 0 bridgehead atoms. The van der Waals surface area contributed by atoms with Crippen molar-refractivity contribution in [1.29, 1.82) is 0 Å². The number of furan rings is 1. The third-order valence-corrected chi connectivity index (χ3v) is 7.27. The van der Waals surface area contributed by atoms with E-state index >= 15 is 0 Å². The van der Waals surface area contributed by atoms with Crippen molar-refractivity contribution in [2.45, 2.75) is 32.1 Å². The van der Waals surface area contributed by atoms with Gasteiger partial charge in [-0.3, -0.25) is 14.6 Å². The van der Waals surface area contributed by atoms with Crippen LogP contribution in [0.5, 0.6) is 23.0 Å². The van der Waals surface area contributed by atoms with Gasteiger partial charge in [-0.15, -0.1) is 0 Å². The van der Waals surface area contributed by atoms with Crippen molar-refractivity contribution in [3.05, 3.63) is 108 Å². The van der Waals surface area contributed by atoms with E-state index in [1.165, 1.54) is 13.2 Å². The second-order valence-electron chi connectivity index (χ2n) is 9.85. The minimum Gasteiger partial charge on any atom is -0.493 e. The lowest BCUT2D eigenvalue weighted by atomic mass is 9.68. The Morgan fingerprint density at radius 1 is 0.795 bits per heavy atom. The average Bonchev–Trinajstić information content (AvgIpc) is 3.59. The maximum Gasteiger partial charge on any atom is 0.306 e. The summed E-state index contributed by atoms with van der Waals surface area (Å²) in [7, 11) is 4.46. The highest BCUT2D eigenvalue weighted by atomic mass is 16.5. The van der Waals surface area contributed by atoms with Crippen molar-refractivity contribution < 1.29 is 37.7 Å². The summed E-state index contributed by atoms with van der Waals surface area (Å²) >= 11 is 0. The third-order valence-electron chi connectivity index (χ3n) is 7.27. The molecule has 4 rings (SSSR count). The molecule has 4 aromatic rings. The van der Waals surface area contributed by atoms with Gasteiger partial charge >= 0.3 is 5.97 Å². The molecule has 1 atom stereocenters. The minimum absolute atomic E-state index is 0.0807. The zero-order valence-corrected chi connectivity index (χ0v) is 25.6. The van der Waals surface area contributed by atoms with Crippen molar-refractivity contribution in [2.24, 2.45) is 0 Å². The first-order valence-corrected chi connectivity index (χ1v) is 14.3. The van der Waals surface area contributed by atoms with Crippen LogP contribution >= 0.6 is 0 Å². The first-order chi connectivity index (χ1) is 21.4. The smallest absolute Gasteiger partial charge is 0.306 e. The van der Waals surface area contributed by atoms with Gasteiger partial charge in [-0.2, -0.15) is 0 Å². The van der Waals surface area contributed by atoms with E-state index in [1.807, 2.05) is 38.1 Å². The highest BCUT2D eigenvalue weighted by Crippen LogP contribution is 2.43. The Morgan fingerprint density at radius 3 is 2.05 bits per heavy atom. The van der Waals surface area contributed by atoms with Crippen LogP contribution in [0.4, 0.5) is 0 Å². The summed E-state index contributed by atoms with van der Waals surface area (Å²) in [5, 5.41) is 0. The van der Waals surface area contributed by atoms with Gasteiger partial charge in [0, 0.05) is 29.8 Å². The molecule has 0 radical (unpaired) electrons. The zero-order valence-electron chi connectivity index (χ0n) is 25.6. The van der Waals surface area contributed by atoms with E-state index in [4.69, 9.17) is 28.1 Å². The predicted molar refractivity (Wildman–Crippen MR) is 165 cm³/mol. The minimum atomic E-state index is -1.13. The topological polar surface area (TPSA) is 106 Å². The first-order valence-electron chi connectivity index (χ1n) is 14.3. The van der Waals surface area contributed by atoms with E-state index < -0.39 is 11.4 Å². The zero-order chi connectivity index (χ0) is 31.5. The van der Waals surface area contributed by atoms with Crippen molar-refractivity contribution in [3.8, 4) is 23.0 Å². The Morgan fingerprint density at radius 2 is 1.45 bits per heavy atom. The summed E-state index contributed by atoms with van der Waals surface area (Å²) < 4.78 is 33.5. The number of benzene rings is 2. The molecule has 230 valence electrons. The van der Waals surface area contributed by atoms with Crippen molar-refractivity contribution in [2.75, 3.05) is 34.5 Å². The van der Waals surface area contributed by atoms with Gasteiger partial charge in [-0.25, -0.2) is 0 Å². The predicted octanol–water partition coefficient (Wildman–Crippen LogP) is 6.43. The normalized spacial score (nSPS) is 12.6. The number of carbonyl (C=O) groups excluding carboxylic acids is 2. The summed E-state index contributed by atoms with van der Waals surface area (Å²) in [6.45, 7) is 4.59. The van der Waals surface area contributed by atoms with Crippen LogP contribution in [0.25, 0.3) is 5.57 Å². The van der Waals surface area contributed by atoms with Crippen LogP contribution in [0.1, 0.15) is 49.1 Å². The number of ketones is 1. The van der Waals surface area contributed by atoms with E-state index in [2.05, 4.69) is 4.98 Å². The largest absolute Gasteiger partial charge is 0.493 e. The SMILES string of the molecule is CCOc1cc(C(=CC(=O)CC(CC(=O)OC)(c2ccncc2)c2ccc(OC)c(OCC)c2)c2ccco2)ccc1OC. The van der Waals surface area contributed by atoms with Gasteiger partial charge in [0.1, 0.15) is 5.76 Å². The average molecular weight is 600 g/mol. The summed E-state index contributed by atoms with van der Waals surface area (Å²) in [4.78, 5) is 31.4. The van der Waals surface area contributed by atoms with Gasteiger partial charge in [0.25, 0.3) is 0 Å². The summed E-state index contributed by atoms with van der Waals surface area (Å²) in [6, 6.07) is 18.0. The van der Waals surface area contributed by atoms with E-state index in [0.717, 1.165) is 5.56 Å². The number of hydrogen-bond acceptors (Lipinski definition) is 9.